The quantitative estimate of drug-likeness (QED) is 0.591. The number of aliphatic carboxylic acids is 1. The predicted octanol–water partition coefficient (Wildman–Crippen LogP) is 3.48. The maximum Gasteiger partial charge on any atom is 0.328 e. The fraction of sp³-hybridized carbons (Fsp3) is 0.125. The van der Waals surface area contributed by atoms with E-state index in [0.29, 0.717) is 5.57 Å². The van der Waals surface area contributed by atoms with Gasteiger partial charge in [-0.05, 0) is 45.1 Å². The molecular formula is C16H17O2. The van der Waals surface area contributed by atoms with E-state index in [9.17, 15) is 4.79 Å². The Balaban J connectivity index is 2.45. The van der Waals surface area contributed by atoms with Crippen molar-refractivity contribution >= 4 is 5.97 Å². The fourth-order valence-corrected chi connectivity index (χ4v) is 1.38. The summed E-state index contributed by atoms with van der Waals surface area (Å²) in [7, 11) is 0. The van der Waals surface area contributed by atoms with Gasteiger partial charge in [0.15, 0.2) is 0 Å². The van der Waals surface area contributed by atoms with Gasteiger partial charge in [0.1, 0.15) is 0 Å². The molecule has 0 bridgehead atoms. The summed E-state index contributed by atoms with van der Waals surface area (Å²) >= 11 is 0. The van der Waals surface area contributed by atoms with Gasteiger partial charge in [0.25, 0.3) is 0 Å². The minimum Gasteiger partial charge on any atom is -0.478 e. The van der Waals surface area contributed by atoms with E-state index in [1.165, 1.54) is 12.0 Å². The number of hydrogen-bond acceptors (Lipinski definition) is 1. The number of carboxylic acid groups (broad SMARTS) is 1. The smallest absolute Gasteiger partial charge is 0.328 e. The van der Waals surface area contributed by atoms with Gasteiger partial charge in [-0.25, -0.2) is 4.79 Å². The van der Waals surface area contributed by atoms with E-state index in [2.05, 4.69) is 0 Å². The summed E-state index contributed by atoms with van der Waals surface area (Å²) in [6.07, 6.45) is 18.9. The summed E-state index contributed by atoms with van der Waals surface area (Å²) in [5.74, 6) is 0.252. The lowest BCUT2D eigenvalue weighted by Crippen LogP contribution is -1.87. The molecule has 0 aromatic carbocycles. The SMILES string of the molecule is CC(/C=C/[C]1[CH][CH][CH][CH]1)=C\C=C\C(C)=C\C(=O)O. The summed E-state index contributed by atoms with van der Waals surface area (Å²) in [5.41, 5.74) is 1.82. The van der Waals surface area contributed by atoms with Gasteiger partial charge < -0.3 is 5.11 Å². The van der Waals surface area contributed by atoms with Crippen molar-refractivity contribution in [2.45, 2.75) is 13.8 Å². The van der Waals surface area contributed by atoms with Crippen LogP contribution in [0.4, 0.5) is 0 Å². The van der Waals surface area contributed by atoms with Crippen molar-refractivity contribution in [3.8, 4) is 0 Å². The van der Waals surface area contributed by atoms with Crippen LogP contribution in [-0.2, 0) is 4.79 Å². The molecule has 0 saturated heterocycles. The first-order chi connectivity index (χ1) is 8.58. The van der Waals surface area contributed by atoms with Crippen molar-refractivity contribution < 1.29 is 9.90 Å². The Hall–Kier alpha value is -1.57. The van der Waals surface area contributed by atoms with Crippen molar-refractivity contribution in [3.05, 3.63) is 79.2 Å². The molecule has 1 N–H and O–H groups in total. The third kappa shape index (κ3) is 6.24. The Bertz CT molecular complexity index is 391. The van der Waals surface area contributed by atoms with Crippen LogP contribution >= 0.6 is 0 Å². The molecule has 0 spiro atoms. The van der Waals surface area contributed by atoms with Crippen LogP contribution < -0.4 is 0 Å². The Morgan fingerprint density at radius 2 is 1.78 bits per heavy atom. The second-order valence-corrected chi connectivity index (χ2v) is 4.05. The highest BCUT2D eigenvalue weighted by atomic mass is 16.4. The standard InChI is InChI=1S/C16H17O2/c1-13(10-11-15-8-3-4-9-15)6-5-7-14(2)12-16(17)18/h3-12H,1-2H3,(H,17,18)/b7-5+,11-10+,13-6+,14-12+. The molecule has 0 amide bonds. The lowest BCUT2D eigenvalue weighted by atomic mass is 10.1. The summed E-state index contributed by atoms with van der Waals surface area (Å²) in [4.78, 5) is 10.4. The number of rotatable bonds is 5. The summed E-state index contributed by atoms with van der Waals surface area (Å²) in [6, 6.07) is 0. The third-order valence-electron chi connectivity index (χ3n) is 2.30. The minimum atomic E-state index is -0.922. The Labute approximate surface area is 109 Å². The van der Waals surface area contributed by atoms with E-state index >= 15 is 0 Å². The molecule has 0 heterocycles. The van der Waals surface area contributed by atoms with E-state index in [-0.39, 0.29) is 0 Å². The van der Waals surface area contributed by atoms with E-state index in [4.69, 9.17) is 5.11 Å². The lowest BCUT2D eigenvalue weighted by molar-refractivity contribution is -0.131. The van der Waals surface area contributed by atoms with Crippen LogP contribution in [-0.4, -0.2) is 11.1 Å². The predicted molar refractivity (Wildman–Crippen MR) is 73.9 cm³/mol. The highest BCUT2D eigenvalue weighted by Crippen LogP contribution is 2.24. The largest absolute Gasteiger partial charge is 0.478 e. The van der Waals surface area contributed by atoms with Crippen LogP contribution in [0.2, 0.25) is 0 Å². The Morgan fingerprint density at radius 1 is 1.11 bits per heavy atom. The monoisotopic (exact) mass is 241 g/mol. The van der Waals surface area contributed by atoms with Crippen LogP contribution in [0.25, 0.3) is 0 Å². The maximum absolute atomic E-state index is 10.4. The first kappa shape index (κ1) is 14.5. The normalized spacial score (nSPS) is 19.2. The molecule has 0 aromatic rings. The van der Waals surface area contributed by atoms with Crippen LogP contribution in [0.15, 0.2) is 47.6 Å². The molecule has 1 rings (SSSR count). The number of allylic oxidation sites excluding steroid dienone is 7. The molecule has 0 aliphatic heterocycles. The van der Waals surface area contributed by atoms with E-state index in [1.54, 1.807) is 13.0 Å². The molecular weight excluding hydrogens is 224 g/mol. The summed E-state index contributed by atoms with van der Waals surface area (Å²) < 4.78 is 0. The molecule has 18 heavy (non-hydrogen) atoms. The van der Waals surface area contributed by atoms with E-state index in [0.717, 1.165) is 5.57 Å². The van der Waals surface area contributed by atoms with Crippen molar-refractivity contribution in [2.75, 3.05) is 0 Å². The van der Waals surface area contributed by atoms with Crippen molar-refractivity contribution in [3.63, 3.8) is 0 Å². The topological polar surface area (TPSA) is 37.3 Å². The molecule has 0 unspecified atom stereocenters. The van der Waals surface area contributed by atoms with E-state index < -0.39 is 5.97 Å². The summed E-state index contributed by atoms with van der Waals surface area (Å²) in [6.45, 7) is 3.76. The maximum atomic E-state index is 10.4. The van der Waals surface area contributed by atoms with Crippen LogP contribution in [0.5, 0.6) is 0 Å². The third-order valence-corrected chi connectivity index (χ3v) is 2.30. The lowest BCUT2D eigenvalue weighted by Gasteiger charge is -1.98. The number of carboxylic acids is 1. The second-order valence-electron chi connectivity index (χ2n) is 4.05. The second kappa shape index (κ2) is 7.70. The number of hydrogen-bond donors (Lipinski definition) is 1. The molecule has 2 nitrogen and oxygen atoms in total. The molecule has 93 valence electrons. The summed E-state index contributed by atoms with van der Waals surface area (Å²) in [5, 5.41) is 8.55. The molecule has 0 atom stereocenters. The molecule has 1 aliphatic rings. The van der Waals surface area contributed by atoms with Crippen molar-refractivity contribution in [2.24, 2.45) is 0 Å². The van der Waals surface area contributed by atoms with Gasteiger partial charge in [-0.2, -0.15) is 0 Å². The van der Waals surface area contributed by atoms with Gasteiger partial charge in [0.2, 0.25) is 0 Å². The van der Waals surface area contributed by atoms with Gasteiger partial charge in [0, 0.05) is 12.0 Å². The molecule has 0 aromatic heterocycles. The first-order valence-electron chi connectivity index (χ1n) is 5.74. The minimum absolute atomic E-state index is 0.714. The van der Waals surface area contributed by atoms with Crippen molar-refractivity contribution in [1.29, 1.82) is 0 Å². The average molecular weight is 241 g/mol. The Morgan fingerprint density at radius 3 is 2.39 bits per heavy atom. The zero-order valence-electron chi connectivity index (χ0n) is 10.6. The molecule has 5 radical (unpaired) electrons. The zero-order valence-corrected chi connectivity index (χ0v) is 10.6. The van der Waals surface area contributed by atoms with Crippen molar-refractivity contribution in [1.82, 2.24) is 0 Å². The van der Waals surface area contributed by atoms with E-state index in [1.807, 2.05) is 56.9 Å². The van der Waals surface area contributed by atoms with Gasteiger partial charge in [0.05, 0.1) is 0 Å². The van der Waals surface area contributed by atoms with Crippen LogP contribution in [0.1, 0.15) is 13.8 Å². The van der Waals surface area contributed by atoms with Crippen LogP contribution in [0.3, 0.4) is 0 Å². The van der Waals surface area contributed by atoms with Gasteiger partial charge in [-0.1, -0.05) is 36.0 Å². The number of carbonyl (C=O) groups is 1. The molecule has 1 fully saturated rings. The van der Waals surface area contributed by atoms with Gasteiger partial charge in [-0.15, -0.1) is 0 Å². The average Bonchev–Trinajstić information content (AvgIpc) is 2.78. The van der Waals surface area contributed by atoms with Gasteiger partial charge >= 0.3 is 5.97 Å². The Kier molecular flexibility index (Phi) is 6.20. The zero-order chi connectivity index (χ0) is 13.4. The van der Waals surface area contributed by atoms with Gasteiger partial charge in [-0.3, -0.25) is 0 Å². The van der Waals surface area contributed by atoms with Crippen LogP contribution in [0, 0.1) is 31.6 Å². The highest BCUT2D eigenvalue weighted by Gasteiger charge is 2.12. The first-order valence-corrected chi connectivity index (χ1v) is 5.74. The fourth-order valence-electron chi connectivity index (χ4n) is 1.38. The molecule has 1 aliphatic carbocycles. The molecule has 1 saturated carbocycles. The highest BCUT2D eigenvalue weighted by molar-refractivity contribution is 5.81. The molecule has 2 heteroatoms.